The number of carbonyl (C=O) groups excluding carboxylic acids is 2. The third-order valence-corrected chi connectivity index (χ3v) is 4.28. The van der Waals surface area contributed by atoms with Gasteiger partial charge in [0.25, 0.3) is 0 Å². The van der Waals surface area contributed by atoms with E-state index in [4.69, 9.17) is 4.74 Å². The normalized spacial score (nSPS) is 31.4. The Balaban J connectivity index is 2.53. The van der Waals surface area contributed by atoms with Gasteiger partial charge in [0.1, 0.15) is 5.41 Å². The standard InChI is InChI=1S/C14H19NO3/c1-9-7-11-14(8-10(9)2,13(17)18-4)6-5-12(16)15(11)3/h5-6,11H,7-8H2,1-4H3/t11-,14-/m1/s1. The highest BCUT2D eigenvalue weighted by atomic mass is 16.5. The second-order valence-electron chi connectivity index (χ2n) is 5.27. The zero-order valence-corrected chi connectivity index (χ0v) is 11.3. The molecule has 4 heteroatoms. The molecule has 1 aliphatic carbocycles. The van der Waals surface area contributed by atoms with Crippen LogP contribution in [-0.2, 0) is 14.3 Å². The van der Waals surface area contributed by atoms with Crippen molar-refractivity contribution in [2.24, 2.45) is 5.41 Å². The Hall–Kier alpha value is -1.58. The molecule has 2 rings (SSSR count). The first-order valence-electron chi connectivity index (χ1n) is 6.12. The average Bonchev–Trinajstić information content (AvgIpc) is 2.36. The van der Waals surface area contributed by atoms with Crippen LogP contribution in [0, 0.1) is 5.41 Å². The van der Waals surface area contributed by atoms with E-state index in [2.05, 4.69) is 6.92 Å². The number of carbonyl (C=O) groups is 2. The minimum absolute atomic E-state index is 0.0492. The van der Waals surface area contributed by atoms with Gasteiger partial charge in [-0.15, -0.1) is 0 Å². The van der Waals surface area contributed by atoms with E-state index >= 15 is 0 Å². The lowest BCUT2D eigenvalue weighted by molar-refractivity contribution is -0.156. The van der Waals surface area contributed by atoms with E-state index in [1.54, 1.807) is 18.0 Å². The fraction of sp³-hybridized carbons (Fsp3) is 0.571. The number of likely N-dealkylation sites (N-methyl/N-ethyl adjacent to an activating group) is 1. The van der Waals surface area contributed by atoms with E-state index < -0.39 is 5.41 Å². The zero-order chi connectivity index (χ0) is 13.5. The number of esters is 1. The Morgan fingerprint density at radius 1 is 1.44 bits per heavy atom. The summed E-state index contributed by atoms with van der Waals surface area (Å²) in [6.07, 6.45) is 4.58. The van der Waals surface area contributed by atoms with E-state index in [1.807, 2.05) is 6.92 Å². The van der Waals surface area contributed by atoms with Crippen molar-refractivity contribution in [2.45, 2.75) is 32.7 Å². The van der Waals surface area contributed by atoms with Crippen molar-refractivity contribution in [1.82, 2.24) is 4.90 Å². The molecule has 0 bridgehead atoms. The number of rotatable bonds is 1. The molecule has 0 aromatic carbocycles. The monoisotopic (exact) mass is 249 g/mol. The summed E-state index contributed by atoms with van der Waals surface area (Å²) in [5.41, 5.74) is 1.76. The van der Waals surface area contributed by atoms with Gasteiger partial charge in [0.15, 0.2) is 0 Å². The Bertz CT molecular complexity index is 464. The van der Waals surface area contributed by atoms with Crippen molar-refractivity contribution < 1.29 is 14.3 Å². The van der Waals surface area contributed by atoms with Gasteiger partial charge in [-0.25, -0.2) is 0 Å². The van der Waals surface area contributed by atoms with Crippen LogP contribution in [0.5, 0.6) is 0 Å². The molecule has 1 heterocycles. The fourth-order valence-electron chi connectivity index (χ4n) is 2.96. The molecule has 0 unspecified atom stereocenters. The number of methoxy groups -OCH3 is 1. The fourth-order valence-corrected chi connectivity index (χ4v) is 2.96. The number of hydrogen-bond donors (Lipinski definition) is 0. The molecular formula is C14H19NO3. The van der Waals surface area contributed by atoms with Gasteiger partial charge in [-0.05, 0) is 26.7 Å². The maximum absolute atomic E-state index is 12.2. The van der Waals surface area contributed by atoms with E-state index in [1.165, 1.54) is 24.3 Å². The van der Waals surface area contributed by atoms with Crippen molar-refractivity contribution in [3.63, 3.8) is 0 Å². The minimum atomic E-state index is -0.707. The molecule has 4 nitrogen and oxygen atoms in total. The summed E-state index contributed by atoms with van der Waals surface area (Å²) in [5.74, 6) is -0.304. The summed E-state index contributed by atoms with van der Waals surface area (Å²) in [6.45, 7) is 4.10. The molecule has 0 N–H and O–H groups in total. The van der Waals surface area contributed by atoms with E-state index in [9.17, 15) is 9.59 Å². The number of nitrogens with zero attached hydrogens (tertiary/aromatic N) is 1. The van der Waals surface area contributed by atoms with Crippen LogP contribution in [0.25, 0.3) is 0 Å². The van der Waals surface area contributed by atoms with Gasteiger partial charge in [-0.2, -0.15) is 0 Å². The molecule has 98 valence electrons. The average molecular weight is 249 g/mol. The SMILES string of the molecule is COC(=O)[C@@]12C=CC(=O)N(C)[C@@H]1CC(C)=C(C)C2. The predicted molar refractivity (Wildman–Crippen MR) is 67.8 cm³/mol. The molecule has 1 amide bonds. The Morgan fingerprint density at radius 2 is 2.11 bits per heavy atom. The van der Waals surface area contributed by atoms with Crippen LogP contribution in [0.1, 0.15) is 26.7 Å². The Labute approximate surface area is 107 Å². The van der Waals surface area contributed by atoms with Crippen LogP contribution in [0.3, 0.4) is 0 Å². The lowest BCUT2D eigenvalue weighted by Gasteiger charge is -2.46. The van der Waals surface area contributed by atoms with Gasteiger partial charge < -0.3 is 9.64 Å². The van der Waals surface area contributed by atoms with E-state index in [0.717, 1.165) is 6.42 Å². The second-order valence-corrected chi connectivity index (χ2v) is 5.27. The highest BCUT2D eigenvalue weighted by molar-refractivity contribution is 5.93. The van der Waals surface area contributed by atoms with Crippen LogP contribution in [-0.4, -0.2) is 37.0 Å². The highest BCUT2D eigenvalue weighted by Crippen LogP contribution is 2.45. The van der Waals surface area contributed by atoms with Crippen molar-refractivity contribution in [1.29, 1.82) is 0 Å². The van der Waals surface area contributed by atoms with Crippen LogP contribution < -0.4 is 0 Å². The summed E-state index contributed by atoms with van der Waals surface area (Å²) in [4.78, 5) is 25.6. The highest BCUT2D eigenvalue weighted by Gasteiger charge is 2.51. The van der Waals surface area contributed by atoms with E-state index in [-0.39, 0.29) is 17.9 Å². The van der Waals surface area contributed by atoms with Gasteiger partial charge in [-0.1, -0.05) is 17.2 Å². The molecule has 0 saturated heterocycles. The van der Waals surface area contributed by atoms with Crippen molar-refractivity contribution in [3.05, 3.63) is 23.3 Å². The molecule has 1 aliphatic heterocycles. The second kappa shape index (κ2) is 4.26. The topological polar surface area (TPSA) is 46.6 Å². The quantitative estimate of drug-likeness (QED) is 0.524. The van der Waals surface area contributed by atoms with Crippen molar-refractivity contribution in [3.8, 4) is 0 Å². The lowest BCUT2D eigenvalue weighted by Crippen LogP contribution is -2.56. The first-order chi connectivity index (χ1) is 8.42. The molecule has 0 saturated carbocycles. The number of hydrogen-bond acceptors (Lipinski definition) is 3. The molecule has 2 aliphatic rings. The predicted octanol–water partition coefficient (Wildman–Crippen LogP) is 1.67. The van der Waals surface area contributed by atoms with Crippen molar-refractivity contribution >= 4 is 11.9 Å². The molecule has 0 aromatic heterocycles. The summed E-state index contributed by atoms with van der Waals surface area (Å²) in [6, 6.07) is -0.133. The van der Waals surface area contributed by atoms with Gasteiger partial charge in [0.2, 0.25) is 5.91 Å². The number of amides is 1. The van der Waals surface area contributed by atoms with Gasteiger partial charge in [-0.3, -0.25) is 9.59 Å². The minimum Gasteiger partial charge on any atom is -0.468 e. The smallest absolute Gasteiger partial charge is 0.318 e. The Morgan fingerprint density at radius 3 is 2.72 bits per heavy atom. The van der Waals surface area contributed by atoms with Gasteiger partial charge in [0, 0.05) is 13.1 Å². The molecule has 0 aromatic rings. The largest absolute Gasteiger partial charge is 0.468 e. The first kappa shape index (κ1) is 12.9. The summed E-state index contributed by atoms with van der Waals surface area (Å²) < 4.78 is 4.97. The van der Waals surface area contributed by atoms with Crippen LogP contribution in [0.4, 0.5) is 0 Å². The molecule has 18 heavy (non-hydrogen) atoms. The third kappa shape index (κ3) is 1.67. The van der Waals surface area contributed by atoms with Crippen LogP contribution in [0.2, 0.25) is 0 Å². The number of fused-ring (bicyclic) bond motifs is 1. The molecule has 0 spiro atoms. The van der Waals surface area contributed by atoms with Gasteiger partial charge in [0.05, 0.1) is 13.2 Å². The van der Waals surface area contributed by atoms with Crippen LogP contribution in [0.15, 0.2) is 23.3 Å². The zero-order valence-electron chi connectivity index (χ0n) is 11.3. The molecular weight excluding hydrogens is 230 g/mol. The number of ether oxygens (including phenoxy) is 1. The molecule has 0 fully saturated rings. The summed E-state index contributed by atoms with van der Waals surface area (Å²) in [7, 11) is 3.15. The maximum Gasteiger partial charge on any atom is 0.318 e. The first-order valence-corrected chi connectivity index (χ1v) is 6.12. The Kier molecular flexibility index (Phi) is 3.05. The number of allylic oxidation sites excluding steroid dienone is 1. The van der Waals surface area contributed by atoms with Crippen LogP contribution >= 0.6 is 0 Å². The lowest BCUT2D eigenvalue weighted by atomic mass is 9.66. The third-order valence-electron chi connectivity index (χ3n) is 4.28. The summed E-state index contributed by atoms with van der Waals surface area (Å²) in [5, 5.41) is 0. The maximum atomic E-state index is 12.2. The van der Waals surface area contributed by atoms with E-state index in [0.29, 0.717) is 6.42 Å². The molecule has 2 atom stereocenters. The van der Waals surface area contributed by atoms with Crippen molar-refractivity contribution in [2.75, 3.05) is 14.2 Å². The summed E-state index contributed by atoms with van der Waals surface area (Å²) >= 11 is 0. The molecule has 0 radical (unpaired) electrons. The van der Waals surface area contributed by atoms with Gasteiger partial charge >= 0.3 is 5.97 Å².